The molecule has 0 radical (unpaired) electrons. The Morgan fingerprint density at radius 1 is 1.11 bits per heavy atom. The summed E-state index contributed by atoms with van der Waals surface area (Å²) in [5, 5.41) is 4.50. The Hall–Kier alpha value is -3.72. The summed E-state index contributed by atoms with van der Waals surface area (Å²) in [6.45, 7) is 4.44. The standard InChI is InChI=1S/C24H26N8O4S2/c1-26-38(34,35)17-6-4-16(5-7-17)30-11-8-29(9-12-30)10-13-31-22-21(37-24(31)33)19-15-18(20-3-2-14-36-20)28-32(19)23(25)27-22/h2-7,14-15,26H,8-13H2,1H3,(H2,25,27). The van der Waals surface area contributed by atoms with Gasteiger partial charge in [-0.15, -0.1) is 0 Å². The molecule has 0 spiro atoms. The number of fused-ring (bicyclic) bond motifs is 3. The Kier molecular flexibility index (Phi) is 6.18. The van der Waals surface area contributed by atoms with Gasteiger partial charge in [0.15, 0.2) is 11.4 Å². The number of nitrogens with two attached hydrogens (primary N) is 1. The Balaban J connectivity index is 1.15. The van der Waals surface area contributed by atoms with Gasteiger partial charge in [-0.3, -0.25) is 14.3 Å². The van der Waals surface area contributed by atoms with Gasteiger partial charge in [-0.05, 0) is 49.5 Å². The molecule has 4 aromatic heterocycles. The van der Waals surface area contributed by atoms with Crippen LogP contribution in [0.15, 0.2) is 62.8 Å². The van der Waals surface area contributed by atoms with Gasteiger partial charge in [-0.2, -0.15) is 14.6 Å². The van der Waals surface area contributed by atoms with Gasteiger partial charge in [-0.1, -0.05) is 11.3 Å². The summed E-state index contributed by atoms with van der Waals surface area (Å²) >= 11 is 1.14. The Bertz CT molecular complexity index is 1760. The SMILES string of the molecule is CNS(=O)(=O)c1ccc(N2CCN(CCn3c(=O)sc4c3nc(N)n3nc(-c5ccco5)cc43)CC2)cc1. The summed E-state index contributed by atoms with van der Waals surface area (Å²) in [7, 11) is -2.05. The number of nitrogen functional groups attached to an aromatic ring is 1. The van der Waals surface area contributed by atoms with Crippen LogP contribution in [-0.2, 0) is 16.6 Å². The number of anilines is 2. The predicted octanol–water partition coefficient (Wildman–Crippen LogP) is 1.68. The lowest BCUT2D eigenvalue weighted by Crippen LogP contribution is -2.47. The van der Waals surface area contributed by atoms with Crippen LogP contribution in [0.3, 0.4) is 0 Å². The number of hydrogen-bond donors (Lipinski definition) is 2. The van der Waals surface area contributed by atoms with E-state index in [2.05, 4.69) is 24.6 Å². The smallest absolute Gasteiger partial charge is 0.309 e. The summed E-state index contributed by atoms with van der Waals surface area (Å²) in [5.41, 5.74) is 9.11. The molecule has 14 heteroatoms. The maximum atomic E-state index is 12.9. The van der Waals surface area contributed by atoms with Gasteiger partial charge in [-0.25, -0.2) is 13.1 Å². The van der Waals surface area contributed by atoms with E-state index in [-0.39, 0.29) is 15.7 Å². The van der Waals surface area contributed by atoms with Crippen molar-refractivity contribution in [3.05, 3.63) is 58.4 Å². The first-order chi connectivity index (χ1) is 18.3. The van der Waals surface area contributed by atoms with Crippen LogP contribution >= 0.6 is 11.3 Å². The predicted molar refractivity (Wildman–Crippen MR) is 146 cm³/mol. The molecule has 1 saturated heterocycles. The molecule has 1 aliphatic rings. The Morgan fingerprint density at radius 2 is 1.87 bits per heavy atom. The summed E-state index contributed by atoms with van der Waals surface area (Å²) < 4.78 is 35.7. The zero-order valence-electron chi connectivity index (χ0n) is 20.6. The normalized spacial score (nSPS) is 15.1. The molecule has 38 heavy (non-hydrogen) atoms. The highest BCUT2D eigenvalue weighted by Crippen LogP contribution is 2.28. The fourth-order valence-electron chi connectivity index (χ4n) is 4.72. The van der Waals surface area contributed by atoms with Crippen LogP contribution in [0.2, 0.25) is 0 Å². The van der Waals surface area contributed by atoms with Crippen LogP contribution in [0.5, 0.6) is 0 Å². The molecule has 0 atom stereocenters. The van der Waals surface area contributed by atoms with Crippen molar-refractivity contribution < 1.29 is 12.8 Å². The molecule has 3 N–H and O–H groups in total. The molecule has 0 saturated carbocycles. The first-order valence-corrected chi connectivity index (χ1v) is 14.4. The second-order valence-corrected chi connectivity index (χ2v) is 11.8. The van der Waals surface area contributed by atoms with Gasteiger partial charge in [0.2, 0.25) is 16.0 Å². The maximum absolute atomic E-state index is 12.9. The molecular formula is C24H26N8O4S2. The second-order valence-electron chi connectivity index (χ2n) is 8.98. The number of furan rings is 1. The van der Waals surface area contributed by atoms with Gasteiger partial charge < -0.3 is 15.1 Å². The third-order valence-corrected chi connectivity index (χ3v) is 9.24. The van der Waals surface area contributed by atoms with E-state index >= 15 is 0 Å². The van der Waals surface area contributed by atoms with Gasteiger partial charge in [0, 0.05) is 45.0 Å². The van der Waals surface area contributed by atoms with Crippen LogP contribution in [0.1, 0.15) is 0 Å². The van der Waals surface area contributed by atoms with E-state index < -0.39 is 10.0 Å². The topological polar surface area (TPSA) is 144 Å². The van der Waals surface area contributed by atoms with E-state index in [0.717, 1.165) is 53.4 Å². The molecule has 1 aliphatic heterocycles. The molecular weight excluding hydrogens is 528 g/mol. The minimum absolute atomic E-state index is 0.0870. The lowest BCUT2D eigenvalue weighted by Gasteiger charge is -2.36. The van der Waals surface area contributed by atoms with Gasteiger partial charge >= 0.3 is 4.87 Å². The van der Waals surface area contributed by atoms with E-state index in [1.165, 1.54) is 7.05 Å². The highest BCUT2D eigenvalue weighted by Gasteiger charge is 2.21. The summed E-state index contributed by atoms with van der Waals surface area (Å²) in [6.07, 6.45) is 1.58. The van der Waals surface area contributed by atoms with Crippen molar-refractivity contribution in [2.75, 3.05) is 50.4 Å². The second kappa shape index (κ2) is 9.54. The number of benzene rings is 1. The zero-order chi connectivity index (χ0) is 26.4. The Morgan fingerprint density at radius 3 is 2.55 bits per heavy atom. The van der Waals surface area contributed by atoms with Crippen LogP contribution < -0.4 is 20.2 Å². The van der Waals surface area contributed by atoms with Crippen molar-refractivity contribution >= 4 is 48.9 Å². The quantitative estimate of drug-likeness (QED) is 0.307. The summed E-state index contributed by atoms with van der Waals surface area (Å²) in [5.74, 6) is 0.824. The maximum Gasteiger partial charge on any atom is 0.309 e. The summed E-state index contributed by atoms with van der Waals surface area (Å²) in [6, 6.07) is 12.4. The van der Waals surface area contributed by atoms with Crippen molar-refractivity contribution in [3.8, 4) is 11.5 Å². The van der Waals surface area contributed by atoms with E-state index in [1.54, 1.807) is 33.5 Å². The van der Waals surface area contributed by atoms with E-state index in [0.29, 0.717) is 30.2 Å². The van der Waals surface area contributed by atoms with Gasteiger partial charge in [0.05, 0.1) is 16.7 Å². The van der Waals surface area contributed by atoms with Crippen LogP contribution in [-0.4, -0.2) is 72.3 Å². The largest absolute Gasteiger partial charge is 0.463 e. The molecule has 0 aliphatic carbocycles. The highest BCUT2D eigenvalue weighted by atomic mass is 32.2. The zero-order valence-corrected chi connectivity index (χ0v) is 22.2. The van der Waals surface area contributed by atoms with Crippen LogP contribution in [0.25, 0.3) is 27.3 Å². The molecule has 0 amide bonds. The fourth-order valence-corrected chi connectivity index (χ4v) is 6.41. The number of nitrogens with zero attached hydrogens (tertiary/aromatic N) is 6. The minimum Gasteiger partial charge on any atom is -0.463 e. The Labute approximate surface area is 221 Å². The van der Waals surface area contributed by atoms with Crippen molar-refractivity contribution in [3.63, 3.8) is 0 Å². The molecule has 6 rings (SSSR count). The number of piperazine rings is 1. The average Bonchev–Trinajstić information content (AvgIpc) is 3.67. The summed E-state index contributed by atoms with van der Waals surface area (Å²) in [4.78, 5) is 22.1. The number of hydrogen-bond acceptors (Lipinski definition) is 10. The number of aromatic nitrogens is 4. The molecule has 5 heterocycles. The van der Waals surface area contributed by atoms with E-state index in [9.17, 15) is 13.2 Å². The monoisotopic (exact) mass is 554 g/mol. The van der Waals surface area contributed by atoms with Gasteiger partial charge in [0.1, 0.15) is 10.4 Å². The number of thiazole rings is 1. The van der Waals surface area contributed by atoms with Crippen LogP contribution in [0.4, 0.5) is 11.6 Å². The molecule has 1 fully saturated rings. The molecule has 1 aromatic carbocycles. The molecule has 0 bridgehead atoms. The third-order valence-electron chi connectivity index (χ3n) is 6.81. The minimum atomic E-state index is -3.45. The lowest BCUT2D eigenvalue weighted by atomic mass is 10.2. The highest BCUT2D eigenvalue weighted by molar-refractivity contribution is 7.89. The van der Waals surface area contributed by atoms with Crippen molar-refractivity contribution in [2.24, 2.45) is 0 Å². The number of sulfonamides is 1. The third kappa shape index (κ3) is 4.34. The number of rotatable bonds is 7. The van der Waals surface area contributed by atoms with Crippen molar-refractivity contribution in [1.82, 2.24) is 28.8 Å². The average molecular weight is 555 g/mol. The first kappa shape index (κ1) is 24.6. The lowest BCUT2D eigenvalue weighted by molar-refractivity contribution is 0.248. The van der Waals surface area contributed by atoms with Crippen molar-refractivity contribution in [2.45, 2.75) is 11.4 Å². The first-order valence-electron chi connectivity index (χ1n) is 12.1. The fraction of sp³-hybridized carbons (Fsp3) is 0.292. The van der Waals surface area contributed by atoms with E-state index in [1.807, 2.05) is 24.3 Å². The van der Waals surface area contributed by atoms with Crippen molar-refractivity contribution in [1.29, 1.82) is 0 Å². The van der Waals surface area contributed by atoms with E-state index in [4.69, 9.17) is 10.2 Å². The van der Waals surface area contributed by atoms with Crippen LogP contribution in [0, 0.1) is 0 Å². The molecule has 12 nitrogen and oxygen atoms in total. The molecule has 198 valence electrons. The molecule has 5 aromatic rings. The number of nitrogens with one attached hydrogen (secondary N) is 1. The molecule has 0 unspecified atom stereocenters. The van der Waals surface area contributed by atoms with Gasteiger partial charge in [0.25, 0.3) is 0 Å².